The summed E-state index contributed by atoms with van der Waals surface area (Å²) >= 11 is 1.09. The molecule has 13 heteroatoms. The van der Waals surface area contributed by atoms with Gasteiger partial charge in [0, 0.05) is 6.54 Å². The van der Waals surface area contributed by atoms with Crippen molar-refractivity contribution < 1.29 is 24.2 Å². The number of carboxylic acid groups (broad SMARTS) is 1. The van der Waals surface area contributed by atoms with Gasteiger partial charge in [0.1, 0.15) is 24.4 Å². The molecule has 0 saturated carbocycles. The molecule has 2 fully saturated rings. The minimum absolute atomic E-state index is 0.0957. The molecule has 0 radical (unpaired) electrons. The largest absolute Gasteiger partial charge is 0.488 e. The Morgan fingerprint density at radius 1 is 1.48 bits per heavy atom. The average molecular weight is 367 g/mol. The number of primary amides is 1. The Balaban J connectivity index is 1.57. The van der Waals surface area contributed by atoms with Gasteiger partial charge in [0.05, 0.1) is 11.8 Å². The second-order valence-electron chi connectivity index (χ2n) is 5.69. The molecule has 1 aromatic heterocycles. The molecule has 0 aliphatic carbocycles. The van der Waals surface area contributed by atoms with Crippen molar-refractivity contribution in [2.45, 2.75) is 29.9 Å². The number of β-lactam (4-membered cyclic amide) rings is 1. The zero-order chi connectivity index (χ0) is 17.7. The SMILES string of the molecule is NC(=O)Cn1nnnc1SCC1=C(C(=O)O)N2C(=O)[C@H]3NC[C@@H](O1)[C@H]32. The third-order valence-electron chi connectivity index (χ3n) is 4.20. The Morgan fingerprint density at radius 3 is 3.00 bits per heavy atom. The highest BCUT2D eigenvalue weighted by Crippen LogP contribution is 2.40. The minimum atomic E-state index is -1.23. The summed E-state index contributed by atoms with van der Waals surface area (Å²) in [6.07, 6.45) is -0.289. The second kappa shape index (κ2) is 5.70. The van der Waals surface area contributed by atoms with Gasteiger partial charge in [-0.3, -0.25) is 14.5 Å². The van der Waals surface area contributed by atoms with Crippen molar-refractivity contribution in [3.63, 3.8) is 0 Å². The van der Waals surface area contributed by atoms with Gasteiger partial charge in [-0.15, -0.1) is 5.10 Å². The first-order chi connectivity index (χ1) is 12.0. The molecule has 12 nitrogen and oxygen atoms in total. The van der Waals surface area contributed by atoms with Crippen LogP contribution in [0, 0.1) is 0 Å². The Kier molecular flexibility index (Phi) is 3.61. The van der Waals surface area contributed by atoms with Crippen LogP contribution in [0.1, 0.15) is 0 Å². The van der Waals surface area contributed by atoms with Crippen LogP contribution in [-0.4, -0.2) is 78.5 Å². The van der Waals surface area contributed by atoms with Gasteiger partial charge in [0.15, 0.2) is 5.70 Å². The highest BCUT2D eigenvalue weighted by molar-refractivity contribution is 7.99. The third-order valence-corrected chi connectivity index (χ3v) is 5.16. The first-order valence-electron chi connectivity index (χ1n) is 7.34. The zero-order valence-electron chi connectivity index (χ0n) is 12.7. The Morgan fingerprint density at radius 2 is 2.28 bits per heavy atom. The number of carbonyl (C=O) groups is 3. The number of hydrogen-bond acceptors (Lipinski definition) is 9. The van der Waals surface area contributed by atoms with Crippen LogP contribution in [0.3, 0.4) is 0 Å². The van der Waals surface area contributed by atoms with Crippen molar-refractivity contribution in [3.05, 3.63) is 11.5 Å². The molecule has 132 valence electrons. The smallest absolute Gasteiger partial charge is 0.356 e. The molecule has 25 heavy (non-hydrogen) atoms. The number of carbonyl (C=O) groups excluding carboxylic acids is 2. The van der Waals surface area contributed by atoms with Gasteiger partial charge in [0.25, 0.3) is 0 Å². The van der Waals surface area contributed by atoms with E-state index >= 15 is 0 Å². The van der Waals surface area contributed by atoms with E-state index in [1.165, 1.54) is 9.58 Å². The summed E-state index contributed by atoms with van der Waals surface area (Å²) < 4.78 is 7.01. The maximum atomic E-state index is 12.1. The number of nitrogens with one attached hydrogen (secondary N) is 1. The van der Waals surface area contributed by atoms with E-state index in [9.17, 15) is 19.5 Å². The number of thioether (sulfide) groups is 1. The molecule has 0 unspecified atom stereocenters. The molecule has 3 aliphatic heterocycles. The summed E-state index contributed by atoms with van der Waals surface area (Å²) in [6.45, 7) is 0.278. The van der Waals surface area contributed by atoms with Crippen LogP contribution in [0.15, 0.2) is 16.6 Å². The van der Waals surface area contributed by atoms with E-state index < -0.39 is 11.9 Å². The number of hydrogen-bond donors (Lipinski definition) is 3. The van der Waals surface area contributed by atoms with Crippen LogP contribution < -0.4 is 11.1 Å². The van der Waals surface area contributed by atoms with Gasteiger partial charge in [-0.05, 0) is 10.4 Å². The Bertz CT molecular complexity index is 808. The first kappa shape index (κ1) is 15.8. The van der Waals surface area contributed by atoms with Crippen LogP contribution in [-0.2, 0) is 25.7 Å². The van der Waals surface area contributed by atoms with E-state index in [0.29, 0.717) is 11.7 Å². The summed E-state index contributed by atoms with van der Waals surface area (Å²) in [5.74, 6) is -1.84. The fraction of sp³-hybridized carbons (Fsp3) is 0.500. The van der Waals surface area contributed by atoms with Gasteiger partial charge in [-0.2, -0.15) is 0 Å². The van der Waals surface area contributed by atoms with Crippen molar-refractivity contribution in [1.82, 2.24) is 30.4 Å². The van der Waals surface area contributed by atoms with Crippen LogP contribution in [0.25, 0.3) is 0 Å². The van der Waals surface area contributed by atoms with Gasteiger partial charge in [-0.25, -0.2) is 9.48 Å². The van der Waals surface area contributed by atoms with E-state index in [1.54, 1.807) is 0 Å². The lowest BCUT2D eigenvalue weighted by molar-refractivity contribution is -0.158. The number of aliphatic carboxylic acids is 1. The van der Waals surface area contributed by atoms with E-state index in [1.807, 2.05) is 0 Å². The lowest BCUT2D eigenvalue weighted by Gasteiger charge is -2.48. The molecule has 0 spiro atoms. The number of carboxylic acids is 1. The molecular formula is C12H13N7O5S. The second-order valence-corrected chi connectivity index (χ2v) is 6.63. The summed E-state index contributed by atoms with van der Waals surface area (Å²) in [5.41, 5.74) is 4.96. The highest BCUT2D eigenvalue weighted by atomic mass is 32.2. The average Bonchev–Trinajstić information content (AvgIpc) is 3.15. The van der Waals surface area contributed by atoms with Gasteiger partial charge < -0.3 is 20.9 Å². The van der Waals surface area contributed by atoms with Crippen LogP contribution in [0.2, 0.25) is 0 Å². The Hall–Kier alpha value is -2.67. The van der Waals surface area contributed by atoms with E-state index in [-0.39, 0.29) is 47.8 Å². The molecule has 4 heterocycles. The highest BCUT2D eigenvalue weighted by Gasteiger charge is 2.61. The summed E-state index contributed by atoms with van der Waals surface area (Å²) in [4.78, 5) is 36.1. The number of tetrazole rings is 1. The van der Waals surface area contributed by atoms with Crippen molar-refractivity contribution in [3.8, 4) is 0 Å². The lowest BCUT2D eigenvalue weighted by Crippen LogP contribution is -2.69. The Labute approximate surface area is 144 Å². The summed E-state index contributed by atoms with van der Waals surface area (Å²) in [6, 6.07) is -0.663. The third kappa shape index (κ3) is 2.42. The maximum Gasteiger partial charge on any atom is 0.356 e. The molecule has 4 N–H and O–H groups in total. The molecule has 3 aliphatic rings. The number of nitrogens with zero attached hydrogens (tertiary/aromatic N) is 5. The number of amides is 2. The van der Waals surface area contributed by atoms with Crippen LogP contribution >= 0.6 is 11.8 Å². The van der Waals surface area contributed by atoms with Gasteiger partial charge >= 0.3 is 5.97 Å². The predicted octanol–water partition coefficient (Wildman–Crippen LogP) is -2.87. The summed E-state index contributed by atoms with van der Waals surface area (Å²) in [7, 11) is 0. The summed E-state index contributed by atoms with van der Waals surface area (Å²) in [5, 5.41) is 23.7. The fourth-order valence-electron chi connectivity index (χ4n) is 3.21. The molecule has 1 aromatic rings. The molecule has 4 rings (SSSR count). The van der Waals surface area contributed by atoms with Gasteiger partial charge in [0.2, 0.25) is 17.0 Å². The first-order valence-corrected chi connectivity index (χ1v) is 8.32. The number of ether oxygens (including phenoxy) is 1. The van der Waals surface area contributed by atoms with Crippen molar-refractivity contribution in [2.24, 2.45) is 5.73 Å². The molecule has 3 atom stereocenters. The molecule has 0 aromatic carbocycles. The van der Waals surface area contributed by atoms with Crippen molar-refractivity contribution >= 4 is 29.5 Å². The number of rotatable bonds is 6. The quantitative estimate of drug-likeness (QED) is 0.351. The van der Waals surface area contributed by atoms with Crippen LogP contribution in [0.4, 0.5) is 0 Å². The molecule has 2 amide bonds. The van der Waals surface area contributed by atoms with E-state index in [0.717, 1.165) is 11.8 Å². The normalized spacial score (nSPS) is 27.0. The standard InChI is InChI=1S/C12H13N7O5S/c13-6(20)2-18-12(15-16-17-18)25-3-5-9(11(22)23)19-8-4(24-5)1-14-7(8)10(19)21/h4,7-8,14H,1-3H2,(H2,13,20)(H,22,23)/t4-,7+,8-/m1/s1. The molecule has 0 bridgehead atoms. The fourth-order valence-corrected chi connectivity index (χ4v) is 4.02. The van der Waals surface area contributed by atoms with E-state index in [4.69, 9.17) is 10.5 Å². The number of aromatic nitrogens is 4. The van der Waals surface area contributed by atoms with E-state index in [2.05, 4.69) is 20.8 Å². The zero-order valence-corrected chi connectivity index (χ0v) is 13.5. The van der Waals surface area contributed by atoms with Crippen molar-refractivity contribution in [1.29, 1.82) is 0 Å². The number of nitrogens with two attached hydrogens (primary N) is 1. The molecule has 2 saturated heterocycles. The van der Waals surface area contributed by atoms with Crippen LogP contribution in [0.5, 0.6) is 0 Å². The molecular weight excluding hydrogens is 354 g/mol. The minimum Gasteiger partial charge on any atom is -0.488 e. The van der Waals surface area contributed by atoms with Gasteiger partial charge in [-0.1, -0.05) is 11.8 Å². The predicted molar refractivity (Wildman–Crippen MR) is 79.7 cm³/mol. The topological polar surface area (TPSA) is 166 Å². The maximum absolute atomic E-state index is 12.1. The monoisotopic (exact) mass is 367 g/mol. The van der Waals surface area contributed by atoms with Crippen molar-refractivity contribution in [2.75, 3.05) is 12.3 Å². The lowest BCUT2D eigenvalue weighted by atomic mass is 9.92.